The van der Waals surface area contributed by atoms with E-state index in [4.69, 9.17) is 0 Å². The van der Waals surface area contributed by atoms with Crippen molar-refractivity contribution in [1.82, 2.24) is 0 Å². The van der Waals surface area contributed by atoms with Crippen molar-refractivity contribution in [3.8, 4) is 5.75 Å². The quantitative estimate of drug-likeness (QED) is 0.582. The van der Waals surface area contributed by atoms with Gasteiger partial charge < -0.3 is 4.74 Å². The fourth-order valence-corrected chi connectivity index (χ4v) is 1.05. The molecule has 82 valence electrons. The lowest BCUT2D eigenvalue weighted by atomic mass is 10.2. The molecule has 0 fully saturated rings. The van der Waals surface area contributed by atoms with E-state index in [9.17, 15) is 23.3 Å². The van der Waals surface area contributed by atoms with Gasteiger partial charge >= 0.3 is 12.3 Å². The molecular formula is C8H6F3NO3. The number of hydrogen-bond acceptors (Lipinski definition) is 3. The van der Waals surface area contributed by atoms with Gasteiger partial charge in [-0.25, -0.2) is 0 Å². The van der Waals surface area contributed by atoms with Crippen molar-refractivity contribution < 1.29 is 22.8 Å². The summed E-state index contributed by atoms with van der Waals surface area (Å²) in [4.78, 5) is 9.42. The molecule has 0 aliphatic heterocycles. The number of ether oxygens (including phenoxy) is 1. The van der Waals surface area contributed by atoms with Crippen LogP contribution in [0.15, 0.2) is 12.1 Å². The molecule has 4 nitrogen and oxygen atoms in total. The standard InChI is InChI=1S/C8H6F3NO3/c1-4-2-3-5(15-8(10)11)6(9)7(4)12(13)14/h2-3,8H,1H3. The van der Waals surface area contributed by atoms with E-state index in [-0.39, 0.29) is 5.56 Å². The van der Waals surface area contributed by atoms with Crippen LogP contribution in [0.25, 0.3) is 0 Å². The highest BCUT2D eigenvalue weighted by atomic mass is 19.3. The maximum absolute atomic E-state index is 13.2. The van der Waals surface area contributed by atoms with Crippen LogP contribution in [0.1, 0.15) is 5.56 Å². The van der Waals surface area contributed by atoms with Gasteiger partial charge in [-0.2, -0.15) is 13.2 Å². The van der Waals surface area contributed by atoms with Crippen LogP contribution in [0.2, 0.25) is 0 Å². The van der Waals surface area contributed by atoms with Crippen molar-refractivity contribution in [2.45, 2.75) is 13.5 Å². The molecule has 7 heteroatoms. The first-order valence-corrected chi connectivity index (χ1v) is 3.81. The summed E-state index contributed by atoms with van der Waals surface area (Å²) in [6.45, 7) is -1.92. The van der Waals surface area contributed by atoms with Gasteiger partial charge in [0.15, 0.2) is 5.75 Å². The zero-order valence-electron chi connectivity index (χ0n) is 7.54. The SMILES string of the molecule is Cc1ccc(OC(F)F)c(F)c1[N+](=O)[O-]. The third kappa shape index (κ3) is 2.36. The van der Waals surface area contributed by atoms with Crippen LogP contribution < -0.4 is 4.74 Å². The molecule has 0 unspecified atom stereocenters. The van der Waals surface area contributed by atoms with E-state index in [2.05, 4.69) is 4.74 Å². The smallest absolute Gasteiger partial charge is 0.387 e. The van der Waals surface area contributed by atoms with E-state index in [0.717, 1.165) is 12.1 Å². The van der Waals surface area contributed by atoms with Crippen molar-refractivity contribution in [2.24, 2.45) is 0 Å². The minimum atomic E-state index is -3.22. The van der Waals surface area contributed by atoms with Crippen LogP contribution >= 0.6 is 0 Å². The Morgan fingerprint density at radius 1 is 1.47 bits per heavy atom. The van der Waals surface area contributed by atoms with Crippen LogP contribution in [-0.4, -0.2) is 11.5 Å². The molecule has 1 rings (SSSR count). The summed E-state index contributed by atoms with van der Waals surface area (Å²) in [5.74, 6) is -2.22. The second kappa shape index (κ2) is 4.16. The largest absolute Gasteiger partial charge is 0.431 e. The molecular weight excluding hydrogens is 215 g/mol. The molecule has 0 atom stereocenters. The molecule has 1 aromatic rings. The summed E-state index contributed by atoms with van der Waals surface area (Å²) >= 11 is 0. The zero-order chi connectivity index (χ0) is 11.6. The third-order valence-corrected chi connectivity index (χ3v) is 1.68. The van der Waals surface area contributed by atoms with Gasteiger partial charge in [-0.15, -0.1) is 0 Å². The van der Waals surface area contributed by atoms with E-state index in [0.29, 0.717) is 0 Å². The Kier molecular flexibility index (Phi) is 3.13. The molecule has 1 aromatic carbocycles. The predicted molar refractivity (Wildman–Crippen MR) is 44.4 cm³/mol. The molecule has 0 aliphatic carbocycles. The topological polar surface area (TPSA) is 52.4 Å². The molecule has 0 N–H and O–H groups in total. The van der Waals surface area contributed by atoms with Crippen LogP contribution in [-0.2, 0) is 0 Å². The summed E-state index contributed by atoms with van der Waals surface area (Å²) < 4.78 is 40.6. The first-order valence-electron chi connectivity index (χ1n) is 3.81. The maximum atomic E-state index is 13.2. The highest BCUT2D eigenvalue weighted by molar-refractivity contribution is 5.47. The van der Waals surface area contributed by atoms with Crippen molar-refractivity contribution >= 4 is 5.69 Å². The van der Waals surface area contributed by atoms with Crippen LogP contribution in [0.5, 0.6) is 5.75 Å². The average Bonchev–Trinajstić information content (AvgIpc) is 2.09. The number of benzene rings is 1. The number of aryl methyl sites for hydroxylation is 1. The van der Waals surface area contributed by atoms with Crippen molar-refractivity contribution in [2.75, 3.05) is 0 Å². The predicted octanol–water partition coefficient (Wildman–Crippen LogP) is 2.64. The summed E-state index contributed by atoms with van der Waals surface area (Å²) in [6, 6.07) is 2.06. The van der Waals surface area contributed by atoms with E-state index >= 15 is 0 Å². The lowest BCUT2D eigenvalue weighted by Gasteiger charge is -2.06. The Balaban J connectivity index is 3.22. The Morgan fingerprint density at radius 2 is 2.07 bits per heavy atom. The van der Waals surface area contributed by atoms with Gasteiger partial charge in [0.05, 0.1) is 4.92 Å². The number of nitro groups is 1. The summed E-state index contributed by atoms with van der Waals surface area (Å²) in [5.41, 5.74) is -0.813. The van der Waals surface area contributed by atoms with Gasteiger partial charge in [0.25, 0.3) is 0 Å². The van der Waals surface area contributed by atoms with Gasteiger partial charge in [-0.3, -0.25) is 10.1 Å². The molecule has 0 spiro atoms. The van der Waals surface area contributed by atoms with Crippen LogP contribution in [0.3, 0.4) is 0 Å². The summed E-state index contributed by atoms with van der Waals surface area (Å²) in [5, 5.41) is 10.4. The monoisotopic (exact) mass is 221 g/mol. The van der Waals surface area contributed by atoms with Crippen molar-refractivity contribution in [1.29, 1.82) is 0 Å². The highest BCUT2D eigenvalue weighted by Crippen LogP contribution is 2.30. The van der Waals surface area contributed by atoms with Gasteiger partial charge in [0.1, 0.15) is 0 Å². The first-order chi connectivity index (χ1) is 6.93. The van der Waals surface area contributed by atoms with Gasteiger partial charge in [0, 0.05) is 5.56 Å². The number of hydrogen-bond donors (Lipinski definition) is 0. The molecule has 0 radical (unpaired) electrons. The van der Waals surface area contributed by atoms with Crippen LogP contribution in [0, 0.1) is 22.9 Å². The Morgan fingerprint density at radius 3 is 2.53 bits per heavy atom. The fraction of sp³-hybridized carbons (Fsp3) is 0.250. The van der Waals surface area contributed by atoms with Gasteiger partial charge in [0.2, 0.25) is 5.82 Å². The summed E-state index contributed by atoms with van der Waals surface area (Å²) in [7, 11) is 0. The maximum Gasteiger partial charge on any atom is 0.387 e. The molecule has 0 heterocycles. The van der Waals surface area contributed by atoms with Crippen LogP contribution in [0.4, 0.5) is 18.9 Å². The first kappa shape index (κ1) is 11.3. The molecule has 0 aromatic heterocycles. The Labute approximate surface area is 82.4 Å². The Hall–Kier alpha value is -1.79. The minimum Gasteiger partial charge on any atom is -0.431 e. The number of nitro benzene ring substituents is 1. The molecule has 15 heavy (non-hydrogen) atoms. The zero-order valence-corrected chi connectivity index (χ0v) is 7.54. The lowest BCUT2D eigenvalue weighted by molar-refractivity contribution is -0.388. The van der Waals surface area contributed by atoms with E-state index in [1.165, 1.54) is 6.92 Å². The average molecular weight is 221 g/mol. The number of nitrogens with zero attached hydrogens (tertiary/aromatic N) is 1. The molecule has 0 saturated carbocycles. The van der Waals surface area contributed by atoms with Gasteiger partial charge in [-0.05, 0) is 19.1 Å². The third-order valence-electron chi connectivity index (χ3n) is 1.68. The summed E-state index contributed by atoms with van der Waals surface area (Å²) in [6.07, 6.45) is 0. The molecule has 0 saturated heterocycles. The molecule has 0 bridgehead atoms. The van der Waals surface area contributed by atoms with Crippen molar-refractivity contribution in [3.63, 3.8) is 0 Å². The lowest BCUT2D eigenvalue weighted by Crippen LogP contribution is -2.06. The normalized spacial score (nSPS) is 10.5. The number of alkyl halides is 2. The van der Waals surface area contributed by atoms with Crippen molar-refractivity contribution in [3.05, 3.63) is 33.6 Å². The highest BCUT2D eigenvalue weighted by Gasteiger charge is 2.23. The van der Waals surface area contributed by atoms with Gasteiger partial charge in [-0.1, -0.05) is 0 Å². The Bertz CT molecular complexity index is 395. The van der Waals surface area contributed by atoms with E-state index < -0.39 is 28.8 Å². The number of rotatable bonds is 3. The van der Waals surface area contributed by atoms with E-state index in [1.54, 1.807) is 0 Å². The van der Waals surface area contributed by atoms with E-state index in [1.807, 2.05) is 0 Å². The second-order valence-corrected chi connectivity index (χ2v) is 2.68. The molecule has 0 aliphatic rings. The fourth-order valence-electron chi connectivity index (χ4n) is 1.05. The minimum absolute atomic E-state index is 0.0408. The number of halogens is 3. The second-order valence-electron chi connectivity index (χ2n) is 2.68. The molecule has 0 amide bonds.